The van der Waals surface area contributed by atoms with E-state index in [1.165, 1.54) is 23.5 Å². The van der Waals surface area contributed by atoms with Crippen LogP contribution in [0.15, 0.2) is 39.0 Å². The van der Waals surface area contributed by atoms with Crippen molar-refractivity contribution in [2.24, 2.45) is 0 Å². The molecule has 2 N–H and O–H groups in total. The Labute approximate surface area is 135 Å². The minimum absolute atomic E-state index is 0.192. The molecule has 4 nitrogen and oxygen atoms in total. The van der Waals surface area contributed by atoms with Crippen molar-refractivity contribution in [3.63, 3.8) is 0 Å². The Balaban J connectivity index is 2.17. The second kappa shape index (κ2) is 6.87. The molecule has 21 heavy (non-hydrogen) atoms. The first kappa shape index (κ1) is 16.4. The summed E-state index contributed by atoms with van der Waals surface area (Å²) in [6.45, 7) is 3.43. The fourth-order valence-corrected chi connectivity index (χ4v) is 4.23. The van der Waals surface area contributed by atoms with Gasteiger partial charge >= 0.3 is 0 Å². The molecule has 0 radical (unpaired) electrons. The fourth-order valence-electron chi connectivity index (χ4n) is 1.61. The molecule has 0 saturated heterocycles. The van der Waals surface area contributed by atoms with Crippen LogP contribution in [0.25, 0.3) is 0 Å². The van der Waals surface area contributed by atoms with Gasteiger partial charge in [0.25, 0.3) is 10.0 Å². The van der Waals surface area contributed by atoms with E-state index in [4.69, 9.17) is 0 Å². The number of hydrogen-bond donors (Lipinski definition) is 2. The zero-order valence-corrected chi connectivity index (χ0v) is 14.4. The van der Waals surface area contributed by atoms with Gasteiger partial charge in [-0.15, -0.1) is 11.3 Å². The number of anilines is 1. The van der Waals surface area contributed by atoms with Gasteiger partial charge in [-0.25, -0.2) is 12.8 Å². The number of thiophene rings is 1. The van der Waals surface area contributed by atoms with Gasteiger partial charge in [-0.2, -0.15) is 0 Å². The Bertz CT molecular complexity index is 732. The summed E-state index contributed by atoms with van der Waals surface area (Å²) in [6.07, 6.45) is 0. The van der Waals surface area contributed by atoms with Crippen LogP contribution in [0.4, 0.5) is 10.1 Å². The summed E-state index contributed by atoms with van der Waals surface area (Å²) < 4.78 is 40.7. The third-order valence-electron chi connectivity index (χ3n) is 2.62. The van der Waals surface area contributed by atoms with E-state index in [9.17, 15) is 12.8 Å². The van der Waals surface area contributed by atoms with E-state index in [2.05, 4.69) is 26.0 Å². The molecule has 0 saturated carbocycles. The standard InChI is InChI=1S/C13H14BrFN2O2S2/c1-2-16-8-10-4-6-13(20-10)21(18,19)17-9-3-5-11(14)12(15)7-9/h3-7,16-17H,2,8H2,1H3. The first-order chi connectivity index (χ1) is 9.92. The van der Waals surface area contributed by atoms with Crippen molar-refractivity contribution in [1.82, 2.24) is 5.32 Å². The van der Waals surface area contributed by atoms with E-state index in [-0.39, 0.29) is 14.4 Å². The first-order valence-electron chi connectivity index (χ1n) is 6.19. The van der Waals surface area contributed by atoms with Crippen LogP contribution in [0.3, 0.4) is 0 Å². The second-order valence-corrected chi connectivity index (χ2v) is 8.17. The molecule has 114 valence electrons. The molecule has 2 rings (SSSR count). The van der Waals surface area contributed by atoms with Crippen LogP contribution in [0.2, 0.25) is 0 Å². The SMILES string of the molecule is CCNCc1ccc(S(=O)(=O)Nc2ccc(Br)c(F)c2)s1. The predicted molar refractivity (Wildman–Crippen MR) is 86.6 cm³/mol. The van der Waals surface area contributed by atoms with Crippen LogP contribution >= 0.6 is 27.3 Å². The third kappa shape index (κ3) is 4.26. The van der Waals surface area contributed by atoms with E-state index in [0.717, 1.165) is 17.5 Å². The second-order valence-electron chi connectivity index (χ2n) is 4.24. The van der Waals surface area contributed by atoms with Crippen LogP contribution in [-0.4, -0.2) is 15.0 Å². The number of hydrogen-bond acceptors (Lipinski definition) is 4. The number of nitrogens with one attached hydrogen (secondary N) is 2. The normalized spacial score (nSPS) is 11.6. The van der Waals surface area contributed by atoms with Gasteiger partial charge in [0.15, 0.2) is 0 Å². The Morgan fingerprint density at radius 2 is 2.05 bits per heavy atom. The van der Waals surface area contributed by atoms with Crippen LogP contribution < -0.4 is 10.0 Å². The number of rotatable bonds is 6. The highest BCUT2D eigenvalue weighted by Gasteiger charge is 2.17. The molecular weight excluding hydrogens is 379 g/mol. The summed E-state index contributed by atoms with van der Waals surface area (Å²) in [5.41, 5.74) is 0.192. The van der Waals surface area contributed by atoms with Gasteiger partial charge < -0.3 is 5.32 Å². The van der Waals surface area contributed by atoms with Crippen molar-refractivity contribution in [3.8, 4) is 0 Å². The Morgan fingerprint density at radius 1 is 1.29 bits per heavy atom. The summed E-state index contributed by atoms with van der Waals surface area (Å²) in [6, 6.07) is 7.41. The minimum Gasteiger partial charge on any atom is -0.312 e. The maximum atomic E-state index is 13.4. The van der Waals surface area contributed by atoms with Gasteiger partial charge in [-0.1, -0.05) is 6.92 Å². The number of benzene rings is 1. The van der Waals surface area contributed by atoms with E-state index in [0.29, 0.717) is 6.54 Å². The summed E-state index contributed by atoms with van der Waals surface area (Å²) in [7, 11) is -3.69. The van der Waals surface area contributed by atoms with Crippen molar-refractivity contribution in [1.29, 1.82) is 0 Å². The average molecular weight is 393 g/mol. The molecule has 1 aromatic heterocycles. The third-order valence-corrected chi connectivity index (χ3v) is 6.22. The van der Waals surface area contributed by atoms with Crippen molar-refractivity contribution < 1.29 is 12.8 Å². The molecule has 1 heterocycles. The zero-order valence-electron chi connectivity index (χ0n) is 11.2. The summed E-state index contributed by atoms with van der Waals surface area (Å²) >= 11 is 4.21. The van der Waals surface area contributed by atoms with E-state index in [1.807, 2.05) is 6.92 Å². The van der Waals surface area contributed by atoms with E-state index in [1.54, 1.807) is 12.1 Å². The highest BCUT2D eigenvalue weighted by Crippen LogP contribution is 2.25. The molecule has 0 aliphatic heterocycles. The molecule has 8 heteroatoms. The van der Waals surface area contributed by atoms with Crippen molar-refractivity contribution in [3.05, 3.63) is 45.5 Å². The summed E-state index contributed by atoms with van der Waals surface area (Å²) in [5.74, 6) is -0.519. The van der Waals surface area contributed by atoms with Crippen molar-refractivity contribution in [2.45, 2.75) is 17.7 Å². The molecule has 0 aliphatic rings. The minimum atomic E-state index is -3.69. The summed E-state index contributed by atoms with van der Waals surface area (Å²) in [4.78, 5) is 0.930. The largest absolute Gasteiger partial charge is 0.312 e. The quantitative estimate of drug-likeness (QED) is 0.789. The zero-order chi connectivity index (χ0) is 15.5. The van der Waals surface area contributed by atoms with Gasteiger partial charge in [0.2, 0.25) is 0 Å². The molecule has 0 atom stereocenters. The fraction of sp³-hybridized carbons (Fsp3) is 0.231. The van der Waals surface area contributed by atoms with Gasteiger partial charge in [0, 0.05) is 11.4 Å². The van der Waals surface area contributed by atoms with Gasteiger partial charge in [-0.3, -0.25) is 4.72 Å². The molecular formula is C13H14BrFN2O2S2. The number of halogens is 2. The van der Waals surface area contributed by atoms with Crippen LogP contribution in [-0.2, 0) is 16.6 Å². The average Bonchev–Trinajstić information content (AvgIpc) is 2.90. The van der Waals surface area contributed by atoms with E-state index < -0.39 is 15.8 Å². The van der Waals surface area contributed by atoms with Gasteiger partial charge in [0.05, 0.1) is 10.2 Å². The predicted octanol–water partition coefficient (Wildman–Crippen LogP) is 3.56. The van der Waals surface area contributed by atoms with Crippen LogP contribution in [0.1, 0.15) is 11.8 Å². The molecule has 0 fully saturated rings. The van der Waals surface area contributed by atoms with Gasteiger partial charge in [0.1, 0.15) is 10.0 Å². The highest BCUT2D eigenvalue weighted by molar-refractivity contribution is 9.10. The lowest BCUT2D eigenvalue weighted by Gasteiger charge is -2.06. The topological polar surface area (TPSA) is 58.2 Å². The number of sulfonamides is 1. The van der Waals surface area contributed by atoms with Crippen LogP contribution in [0, 0.1) is 5.82 Å². The lowest BCUT2D eigenvalue weighted by molar-refractivity contribution is 0.603. The maximum Gasteiger partial charge on any atom is 0.271 e. The molecule has 0 aliphatic carbocycles. The molecule has 0 amide bonds. The Hall–Kier alpha value is -0.960. The Morgan fingerprint density at radius 3 is 2.71 bits per heavy atom. The van der Waals surface area contributed by atoms with Crippen LogP contribution in [0.5, 0.6) is 0 Å². The van der Waals surface area contributed by atoms with Gasteiger partial charge in [-0.05, 0) is 52.8 Å². The lowest BCUT2D eigenvalue weighted by atomic mass is 10.3. The van der Waals surface area contributed by atoms with E-state index >= 15 is 0 Å². The lowest BCUT2D eigenvalue weighted by Crippen LogP contribution is -2.12. The molecule has 0 spiro atoms. The highest BCUT2D eigenvalue weighted by atomic mass is 79.9. The maximum absolute atomic E-state index is 13.4. The molecule has 1 aromatic carbocycles. The van der Waals surface area contributed by atoms with Crippen molar-refractivity contribution in [2.75, 3.05) is 11.3 Å². The first-order valence-corrected chi connectivity index (χ1v) is 9.29. The molecule has 0 unspecified atom stereocenters. The monoisotopic (exact) mass is 392 g/mol. The Kier molecular flexibility index (Phi) is 5.37. The smallest absolute Gasteiger partial charge is 0.271 e. The molecule has 2 aromatic rings. The molecule has 0 bridgehead atoms. The van der Waals surface area contributed by atoms with Crippen molar-refractivity contribution >= 4 is 43.0 Å². The summed E-state index contributed by atoms with van der Waals surface area (Å²) in [5, 5.41) is 3.13.